The topological polar surface area (TPSA) is 60.9 Å². The van der Waals surface area contributed by atoms with Crippen LogP contribution in [-0.2, 0) is 4.79 Å². The van der Waals surface area contributed by atoms with Crippen LogP contribution >= 0.6 is 11.8 Å². The Morgan fingerprint density at radius 3 is 2.35 bits per heavy atom. The molecule has 0 aromatic heterocycles. The lowest BCUT2D eigenvalue weighted by Crippen LogP contribution is -2.53. The number of carbonyl (C=O) groups is 2. The molecule has 2 amide bonds. The summed E-state index contributed by atoms with van der Waals surface area (Å²) in [4.78, 5) is 27.2. The molecule has 0 aromatic carbocycles. The van der Waals surface area contributed by atoms with E-state index >= 15 is 0 Å². The molecular formula is C14H24N2O3S. The third-order valence-corrected chi connectivity index (χ3v) is 5.78. The van der Waals surface area contributed by atoms with E-state index in [-0.39, 0.29) is 17.4 Å². The first-order chi connectivity index (χ1) is 9.41. The Hall–Kier alpha value is -0.910. The highest BCUT2D eigenvalue weighted by Gasteiger charge is 2.41. The molecule has 114 valence electrons. The number of rotatable bonds is 2. The highest BCUT2D eigenvalue weighted by atomic mass is 32.2. The van der Waals surface area contributed by atoms with Gasteiger partial charge in [-0.25, -0.2) is 9.59 Å². The Morgan fingerprint density at radius 1 is 1.20 bits per heavy atom. The van der Waals surface area contributed by atoms with E-state index in [0.29, 0.717) is 5.75 Å². The highest BCUT2D eigenvalue weighted by Crippen LogP contribution is 2.32. The molecule has 1 heterocycles. The third-order valence-electron chi connectivity index (χ3n) is 4.56. The zero-order chi connectivity index (χ0) is 14.9. The van der Waals surface area contributed by atoms with E-state index in [4.69, 9.17) is 0 Å². The molecule has 0 bridgehead atoms. The monoisotopic (exact) mass is 300 g/mol. The second kappa shape index (κ2) is 6.24. The van der Waals surface area contributed by atoms with Gasteiger partial charge in [0, 0.05) is 18.8 Å². The molecule has 1 N–H and O–H groups in total. The molecule has 0 spiro atoms. The molecule has 20 heavy (non-hydrogen) atoms. The summed E-state index contributed by atoms with van der Waals surface area (Å²) in [5.74, 6) is 0.321. The maximum atomic E-state index is 12.6. The lowest BCUT2D eigenvalue weighted by molar-refractivity contribution is -0.141. The minimum atomic E-state index is -0.902. The van der Waals surface area contributed by atoms with Crippen molar-refractivity contribution in [2.45, 2.75) is 57.0 Å². The molecule has 0 radical (unpaired) electrons. The van der Waals surface area contributed by atoms with Gasteiger partial charge in [-0.05, 0) is 38.5 Å². The zero-order valence-corrected chi connectivity index (χ0v) is 13.2. The fourth-order valence-electron chi connectivity index (χ4n) is 3.09. The molecule has 2 rings (SSSR count). The number of urea groups is 1. The summed E-state index contributed by atoms with van der Waals surface area (Å²) in [5, 5.41) is 9.19. The van der Waals surface area contributed by atoms with Gasteiger partial charge in [0.15, 0.2) is 0 Å². The van der Waals surface area contributed by atoms with Crippen molar-refractivity contribution in [2.75, 3.05) is 12.8 Å². The Kier molecular flexibility index (Phi) is 4.83. The predicted molar refractivity (Wildman–Crippen MR) is 79.8 cm³/mol. The quantitative estimate of drug-likeness (QED) is 0.851. The molecule has 2 atom stereocenters. The number of nitrogens with zero attached hydrogens (tertiary/aromatic N) is 2. The minimum absolute atomic E-state index is 0.0615. The van der Waals surface area contributed by atoms with E-state index < -0.39 is 12.0 Å². The average Bonchev–Trinajstić information content (AvgIpc) is 2.80. The van der Waals surface area contributed by atoms with Crippen LogP contribution in [0.25, 0.3) is 0 Å². The summed E-state index contributed by atoms with van der Waals surface area (Å²) in [7, 11) is 1.82. The van der Waals surface area contributed by atoms with Gasteiger partial charge in [-0.1, -0.05) is 6.92 Å². The third kappa shape index (κ3) is 3.05. The summed E-state index contributed by atoms with van der Waals surface area (Å²) in [5.41, 5.74) is 0. The van der Waals surface area contributed by atoms with Crippen LogP contribution in [0.1, 0.15) is 39.5 Å². The van der Waals surface area contributed by atoms with Crippen LogP contribution in [0.5, 0.6) is 0 Å². The summed E-state index contributed by atoms with van der Waals surface area (Å²) in [6, 6.07) is -0.562. The summed E-state index contributed by atoms with van der Waals surface area (Å²) in [6.45, 7) is 4.15. The first-order valence-corrected chi connectivity index (χ1v) is 8.36. The fraction of sp³-hybridized carbons (Fsp3) is 0.857. The van der Waals surface area contributed by atoms with Crippen molar-refractivity contribution >= 4 is 23.8 Å². The maximum absolute atomic E-state index is 12.6. The molecular weight excluding hydrogens is 276 g/mol. The molecule has 1 saturated heterocycles. The van der Waals surface area contributed by atoms with E-state index in [1.165, 1.54) is 16.7 Å². The van der Waals surface area contributed by atoms with Crippen molar-refractivity contribution in [1.29, 1.82) is 0 Å². The number of carbonyl (C=O) groups excluding carboxylic acids is 1. The minimum Gasteiger partial charge on any atom is -0.480 e. The first-order valence-electron chi connectivity index (χ1n) is 7.31. The normalized spacial score (nSPS) is 34.0. The highest BCUT2D eigenvalue weighted by molar-refractivity contribution is 8.00. The van der Waals surface area contributed by atoms with E-state index in [0.717, 1.165) is 31.6 Å². The molecule has 2 fully saturated rings. The Balaban J connectivity index is 2.03. The van der Waals surface area contributed by atoms with Crippen LogP contribution in [0.15, 0.2) is 0 Å². The number of amides is 2. The van der Waals surface area contributed by atoms with Gasteiger partial charge < -0.3 is 10.0 Å². The number of carboxylic acids is 1. The summed E-state index contributed by atoms with van der Waals surface area (Å²) < 4.78 is 0. The fourth-order valence-corrected chi connectivity index (χ4v) is 4.25. The predicted octanol–water partition coefficient (Wildman–Crippen LogP) is 2.46. The van der Waals surface area contributed by atoms with E-state index in [9.17, 15) is 14.7 Å². The lowest BCUT2D eigenvalue weighted by Gasteiger charge is -2.37. The van der Waals surface area contributed by atoms with Gasteiger partial charge in [-0.3, -0.25) is 4.90 Å². The molecule has 0 aromatic rings. The molecule has 2 unspecified atom stereocenters. The number of thioether (sulfide) groups is 1. The maximum Gasteiger partial charge on any atom is 0.327 e. The molecule has 6 heteroatoms. The van der Waals surface area contributed by atoms with Crippen molar-refractivity contribution in [2.24, 2.45) is 5.92 Å². The second-order valence-corrected chi connectivity index (χ2v) is 7.35. The van der Waals surface area contributed by atoms with Gasteiger partial charge in [0.05, 0.1) is 5.37 Å². The van der Waals surface area contributed by atoms with Gasteiger partial charge in [0.2, 0.25) is 0 Å². The van der Waals surface area contributed by atoms with E-state index in [1.807, 2.05) is 14.0 Å². The number of hydrogen-bond donors (Lipinski definition) is 1. The van der Waals surface area contributed by atoms with Crippen molar-refractivity contribution in [3.8, 4) is 0 Å². The number of aliphatic carboxylic acids is 1. The van der Waals surface area contributed by atoms with E-state index in [2.05, 4.69) is 6.92 Å². The SMILES string of the molecule is CC1CCC(N(C)C(=O)N2C(C)SCC2C(=O)O)CC1. The van der Waals surface area contributed by atoms with Crippen LogP contribution in [0.2, 0.25) is 0 Å². The van der Waals surface area contributed by atoms with Crippen LogP contribution in [0.4, 0.5) is 4.79 Å². The molecule has 1 saturated carbocycles. The van der Waals surface area contributed by atoms with Gasteiger partial charge >= 0.3 is 12.0 Å². The van der Waals surface area contributed by atoms with Gasteiger partial charge in [-0.2, -0.15) is 0 Å². The lowest BCUT2D eigenvalue weighted by atomic mass is 9.87. The smallest absolute Gasteiger partial charge is 0.327 e. The Morgan fingerprint density at radius 2 is 1.80 bits per heavy atom. The van der Waals surface area contributed by atoms with Crippen LogP contribution < -0.4 is 0 Å². The molecule has 1 aliphatic carbocycles. The van der Waals surface area contributed by atoms with Crippen molar-refractivity contribution in [3.63, 3.8) is 0 Å². The summed E-state index contributed by atoms with van der Waals surface area (Å²) in [6.07, 6.45) is 4.34. The first kappa shape index (κ1) is 15.5. The standard InChI is InChI=1S/C14H24N2O3S/c1-9-4-6-11(7-5-9)15(3)14(19)16-10(2)20-8-12(16)13(17)18/h9-12H,4-8H2,1-3H3,(H,17,18). The van der Waals surface area contributed by atoms with E-state index in [1.54, 1.807) is 4.90 Å². The zero-order valence-electron chi connectivity index (χ0n) is 12.4. The van der Waals surface area contributed by atoms with Crippen LogP contribution in [-0.4, -0.2) is 57.2 Å². The Labute approximate surface area is 124 Å². The van der Waals surface area contributed by atoms with Crippen LogP contribution in [0.3, 0.4) is 0 Å². The van der Waals surface area contributed by atoms with Crippen molar-refractivity contribution in [1.82, 2.24) is 9.80 Å². The number of carboxylic acid groups (broad SMARTS) is 1. The summed E-state index contributed by atoms with van der Waals surface area (Å²) >= 11 is 1.53. The van der Waals surface area contributed by atoms with Crippen molar-refractivity contribution < 1.29 is 14.7 Å². The van der Waals surface area contributed by atoms with Crippen LogP contribution in [0, 0.1) is 5.92 Å². The number of hydrogen-bond acceptors (Lipinski definition) is 3. The Bertz CT molecular complexity index is 383. The van der Waals surface area contributed by atoms with Gasteiger partial charge in [0.25, 0.3) is 0 Å². The largest absolute Gasteiger partial charge is 0.480 e. The second-order valence-electron chi connectivity index (χ2n) is 6.00. The molecule has 1 aliphatic heterocycles. The van der Waals surface area contributed by atoms with Crippen molar-refractivity contribution in [3.05, 3.63) is 0 Å². The molecule has 5 nitrogen and oxygen atoms in total. The van der Waals surface area contributed by atoms with Gasteiger partial charge in [-0.15, -0.1) is 11.8 Å². The average molecular weight is 300 g/mol. The molecule has 2 aliphatic rings. The van der Waals surface area contributed by atoms with Gasteiger partial charge in [0.1, 0.15) is 6.04 Å².